The minimum atomic E-state index is -4.52. The molecule has 6 nitrogen and oxygen atoms in total. The largest absolute Gasteiger partial charge is 0.368 e. The molecule has 0 saturated carbocycles. The number of anilines is 1. The Labute approximate surface area is 148 Å². The molecule has 0 fully saturated rings. The lowest BCUT2D eigenvalue weighted by molar-refractivity contribution is 0.203. The van der Waals surface area contributed by atoms with Gasteiger partial charge in [0, 0.05) is 24.2 Å². The number of aromatic nitrogens is 2. The molecule has 2 unspecified atom stereocenters. The van der Waals surface area contributed by atoms with E-state index in [0.717, 1.165) is 24.5 Å². The van der Waals surface area contributed by atoms with Crippen molar-refractivity contribution in [2.24, 2.45) is 0 Å². The van der Waals surface area contributed by atoms with Gasteiger partial charge in [0.05, 0.1) is 11.4 Å². The lowest BCUT2D eigenvalue weighted by atomic mass is 10.2. The van der Waals surface area contributed by atoms with Gasteiger partial charge in [-0.15, -0.1) is 0 Å². The van der Waals surface area contributed by atoms with Crippen LogP contribution in [0.2, 0.25) is 0 Å². The van der Waals surface area contributed by atoms with Crippen molar-refractivity contribution >= 4 is 15.7 Å². The number of hydrogen-bond acceptors (Lipinski definition) is 5. The molecular formula is C17H15F2N3O3S. The van der Waals surface area contributed by atoms with E-state index in [4.69, 9.17) is 0 Å². The van der Waals surface area contributed by atoms with Crippen LogP contribution in [-0.4, -0.2) is 22.5 Å². The van der Waals surface area contributed by atoms with E-state index in [1.165, 1.54) is 24.4 Å². The summed E-state index contributed by atoms with van der Waals surface area (Å²) < 4.78 is 53.5. The van der Waals surface area contributed by atoms with Crippen molar-refractivity contribution in [1.82, 2.24) is 8.96 Å². The summed E-state index contributed by atoms with van der Waals surface area (Å²) >= 11 is 0. The van der Waals surface area contributed by atoms with Gasteiger partial charge in [-0.05, 0) is 24.3 Å². The second kappa shape index (κ2) is 7.22. The van der Waals surface area contributed by atoms with E-state index >= 15 is 0 Å². The molecule has 0 aliphatic rings. The number of nitrogens with zero attached hydrogens (tertiary/aromatic N) is 2. The molecule has 0 amide bonds. The lowest BCUT2D eigenvalue weighted by Crippen LogP contribution is -2.18. The Morgan fingerprint density at radius 3 is 2.54 bits per heavy atom. The Kier molecular flexibility index (Phi) is 5.01. The van der Waals surface area contributed by atoms with E-state index in [2.05, 4.69) is 10.3 Å². The van der Waals surface area contributed by atoms with Crippen LogP contribution in [-0.2, 0) is 10.0 Å². The molecule has 9 heteroatoms. The summed E-state index contributed by atoms with van der Waals surface area (Å²) in [6.07, 6.45) is 2.52. The quantitative estimate of drug-likeness (QED) is 0.644. The number of halogens is 2. The molecule has 26 heavy (non-hydrogen) atoms. The van der Waals surface area contributed by atoms with Gasteiger partial charge >= 0.3 is 0 Å². The van der Waals surface area contributed by atoms with Crippen molar-refractivity contribution in [3.63, 3.8) is 0 Å². The van der Waals surface area contributed by atoms with Gasteiger partial charge in [0.25, 0.3) is 10.0 Å². The number of pyridine rings is 1. The molecule has 0 bridgehead atoms. The van der Waals surface area contributed by atoms with Crippen molar-refractivity contribution in [1.29, 1.82) is 0 Å². The highest BCUT2D eigenvalue weighted by Crippen LogP contribution is 2.29. The highest BCUT2D eigenvalue weighted by atomic mass is 32.2. The number of benzene rings is 1. The van der Waals surface area contributed by atoms with Crippen LogP contribution in [0.3, 0.4) is 0 Å². The molecule has 1 aromatic carbocycles. The van der Waals surface area contributed by atoms with Crippen LogP contribution in [0.15, 0.2) is 67.1 Å². The molecular weight excluding hydrogens is 364 g/mol. The van der Waals surface area contributed by atoms with Crippen molar-refractivity contribution in [3.05, 3.63) is 84.2 Å². The van der Waals surface area contributed by atoms with E-state index in [1.54, 1.807) is 18.2 Å². The summed E-state index contributed by atoms with van der Waals surface area (Å²) in [5, 5.41) is 12.7. The van der Waals surface area contributed by atoms with Crippen LogP contribution in [0.5, 0.6) is 0 Å². The van der Waals surface area contributed by atoms with Crippen LogP contribution in [0.25, 0.3) is 0 Å². The van der Waals surface area contributed by atoms with E-state index in [0.29, 0.717) is 9.67 Å². The lowest BCUT2D eigenvalue weighted by Gasteiger charge is -2.13. The van der Waals surface area contributed by atoms with E-state index < -0.39 is 33.1 Å². The van der Waals surface area contributed by atoms with Gasteiger partial charge in [-0.25, -0.2) is 21.2 Å². The molecule has 0 spiro atoms. The first-order chi connectivity index (χ1) is 12.4. The molecule has 0 aliphatic carbocycles. The maximum Gasteiger partial charge on any atom is 0.275 e. The second-order valence-electron chi connectivity index (χ2n) is 5.41. The fourth-order valence-electron chi connectivity index (χ4n) is 2.32. The Balaban J connectivity index is 1.81. The summed E-state index contributed by atoms with van der Waals surface area (Å²) in [5.41, 5.74) is -2.57. The third-order valence-electron chi connectivity index (χ3n) is 3.64. The molecule has 2 N–H and O–H groups in total. The third-order valence-corrected chi connectivity index (χ3v) is 5.24. The molecule has 0 saturated heterocycles. The zero-order chi connectivity index (χ0) is 18.7. The van der Waals surface area contributed by atoms with Gasteiger partial charge in [-0.2, -0.15) is 0 Å². The summed E-state index contributed by atoms with van der Waals surface area (Å²) in [5.74, 6) is -0.945. The first kappa shape index (κ1) is 18.0. The van der Waals surface area contributed by atoms with Gasteiger partial charge in [0.1, 0.15) is 5.82 Å². The SMILES string of the molecule is O=S(=O)(C(F)c1ccccc1F)n1ccc(NC(O)c2ccccn2)c1. The van der Waals surface area contributed by atoms with Gasteiger partial charge in [-0.1, -0.05) is 24.3 Å². The molecule has 0 radical (unpaired) electrons. The van der Waals surface area contributed by atoms with Gasteiger partial charge in [0.15, 0.2) is 6.23 Å². The summed E-state index contributed by atoms with van der Waals surface area (Å²) in [6.45, 7) is 0. The zero-order valence-corrected chi connectivity index (χ0v) is 14.1. The predicted molar refractivity (Wildman–Crippen MR) is 91.8 cm³/mol. The van der Waals surface area contributed by atoms with Gasteiger partial charge < -0.3 is 10.4 Å². The average Bonchev–Trinajstić information content (AvgIpc) is 3.11. The summed E-state index contributed by atoms with van der Waals surface area (Å²) in [6, 6.07) is 11.1. The highest BCUT2D eigenvalue weighted by molar-refractivity contribution is 7.90. The fraction of sp³-hybridized carbons (Fsp3) is 0.118. The van der Waals surface area contributed by atoms with Crippen LogP contribution < -0.4 is 5.32 Å². The number of alkyl halides is 1. The second-order valence-corrected chi connectivity index (χ2v) is 7.28. The standard InChI is InChI=1S/C17H15F2N3O3S/c18-14-6-2-1-5-13(14)16(19)26(24,25)22-10-8-12(11-22)21-17(23)15-7-3-4-9-20-15/h1-11,16-17,21,23H. The van der Waals surface area contributed by atoms with Crippen LogP contribution in [0, 0.1) is 5.82 Å². The fourth-order valence-corrected chi connectivity index (χ4v) is 3.53. The molecule has 0 aliphatic heterocycles. The number of rotatable bonds is 6. The number of aliphatic hydroxyl groups is 1. The molecule has 136 valence electrons. The summed E-state index contributed by atoms with van der Waals surface area (Å²) in [4.78, 5) is 3.97. The zero-order valence-electron chi connectivity index (χ0n) is 13.3. The smallest absolute Gasteiger partial charge is 0.275 e. The van der Waals surface area contributed by atoms with E-state index in [-0.39, 0.29) is 5.69 Å². The summed E-state index contributed by atoms with van der Waals surface area (Å²) in [7, 11) is -4.52. The molecule has 2 heterocycles. The average molecular weight is 379 g/mol. The van der Waals surface area contributed by atoms with Crippen LogP contribution >= 0.6 is 0 Å². The molecule has 3 rings (SSSR count). The third kappa shape index (κ3) is 3.58. The molecule has 2 atom stereocenters. The van der Waals surface area contributed by atoms with E-state index in [9.17, 15) is 22.3 Å². The maximum absolute atomic E-state index is 14.5. The molecule has 3 aromatic rings. The van der Waals surface area contributed by atoms with Crippen molar-refractivity contribution < 1.29 is 22.3 Å². The van der Waals surface area contributed by atoms with Crippen LogP contribution in [0.4, 0.5) is 14.5 Å². The highest BCUT2D eigenvalue weighted by Gasteiger charge is 2.30. The monoisotopic (exact) mass is 379 g/mol. The minimum Gasteiger partial charge on any atom is -0.368 e. The van der Waals surface area contributed by atoms with Crippen molar-refractivity contribution in [2.45, 2.75) is 11.7 Å². The Bertz CT molecular complexity index is 993. The Morgan fingerprint density at radius 1 is 1.12 bits per heavy atom. The Hall–Kier alpha value is -2.78. The van der Waals surface area contributed by atoms with Crippen molar-refractivity contribution in [2.75, 3.05) is 5.32 Å². The predicted octanol–water partition coefficient (Wildman–Crippen LogP) is 2.97. The minimum absolute atomic E-state index is 0.229. The normalized spacial score (nSPS) is 14.0. The topological polar surface area (TPSA) is 84.2 Å². The number of aliphatic hydroxyl groups excluding tert-OH is 1. The van der Waals surface area contributed by atoms with Gasteiger partial charge in [0.2, 0.25) is 5.50 Å². The van der Waals surface area contributed by atoms with E-state index in [1.807, 2.05) is 0 Å². The van der Waals surface area contributed by atoms with Crippen LogP contribution in [0.1, 0.15) is 23.0 Å². The Morgan fingerprint density at radius 2 is 1.85 bits per heavy atom. The number of hydrogen-bond donors (Lipinski definition) is 2. The van der Waals surface area contributed by atoms with Gasteiger partial charge in [-0.3, -0.25) is 4.98 Å². The molecule has 2 aromatic heterocycles. The van der Waals surface area contributed by atoms with Crippen molar-refractivity contribution in [3.8, 4) is 0 Å². The first-order valence-electron chi connectivity index (χ1n) is 7.56. The maximum atomic E-state index is 14.5. The number of nitrogens with one attached hydrogen (secondary N) is 1. The first-order valence-corrected chi connectivity index (χ1v) is 9.06.